The number of pyridine rings is 1. The third kappa shape index (κ3) is 2.26. The van der Waals surface area contributed by atoms with Gasteiger partial charge in [-0.05, 0) is 12.1 Å². The highest BCUT2D eigenvalue weighted by atomic mass is 16.6. The Kier molecular flexibility index (Phi) is 2.97. The molecule has 2 N–H and O–H groups in total. The second-order valence-corrected chi connectivity index (χ2v) is 2.25. The molecule has 1 aromatic heterocycles. The summed E-state index contributed by atoms with van der Waals surface area (Å²) in [5.74, 6) is 0. The average molecular weight is 179 g/mol. The molecular weight excluding hydrogens is 170 g/mol. The summed E-state index contributed by atoms with van der Waals surface area (Å²) in [5, 5.41) is 3.48. The Morgan fingerprint density at radius 1 is 1.77 bits per heavy atom. The van der Waals surface area contributed by atoms with E-state index >= 15 is 0 Å². The summed E-state index contributed by atoms with van der Waals surface area (Å²) in [6.45, 7) is 0. The van der Waals surface area contributed by atoms with Crippen LogP contribution >= 0.6 is 0 Å². The first-order valence-electron chi connectivity index (χ1n) is 3.56. The predicted octanol–water partition coefficient (Wildman–Crippen LogP) is 0.213. The first-order chi connectivity index (χ1) is 6.27. The molecule has 0 aromatic carbocycles. The number of nitrogens with two attached hydrogens (primary N) is 1. The van der Waals surface area contributed by atoms with Crippen LogP contribution in [0.15, 0.2) is 23.5 Å². The van der Waals surface area contributed by atoms with Gasteiger partial charge in [-0.3, -0.25) is 9.78 Å². The van der Waals surface area contributed by atoms with E-state index in [-0.39, 0.29) is 5.71 Å². The zero-order chi connectivity index (χ0) is 9.68. The summed E-state index contributed by atoms with van der Waals surface area (Å²) < 4.78 is 0. The molecule has 1 rings (SSSR count). The third-order valence-corrected chi connectivity index (χ3v) is 1.35. The molecule has 5 heteroatoms. The van der Waals surface area contributed by atoms with E-state index < -0.39 is 0 Å². The number of nitrogen functional groups attached to an aromatic ring is 1. The van der Waals surface area contributed by atoms with Crippen LogP contribution in [-0.2, 0) is 9.63 Å². The number of hydrogen-bond donors (Lipinski definition) is 1. The molecule has 0 aliphatic rings. The smallest absolute Gasteiger partial charge is 0.174 e. The number of hydrogen-bond acceptors (Lipinski definition) is 5. The molecule has 5 nitrogen and oxygen atoms in total. The van der Waals surface area contributed by atoms with Crippen LogP contribution in [0.4, 0.5) is 5.69 Å². The van der Waals surface area contributed by atoms with Crippen LogP contribution in [0.5, 0.6) is 0 Å². The van der Waals surface area contributed by atoms with Crippen LogP contribution in [0.3, 0.4) is 0 Å². The third-order valence-electron chi connectivity index (χ3n) is 1.35. The van der Waals surface area contributed by atoms with Crippen LogP contribution in [0.1, 0.15) is 5.69 Å². The van der Waals surface area contributed by atoms with Crippen molar-refractivity contribution in [2.24, 2.45) is 5.16 Å². The molecule has 0 unspecified atom stereocenters. The number of oxime groups is 1. The molecule has 0 saturated carbocycles. The van der Waals surface area contributed by atoms with Crippen molar-refractivity contribution in [3.63, 3.8) is 0 Å². The van der Waals surface area contributed by atoms with Crippen molar-refractivity contribution in [3.05, 3.63) is 24.0 Å². The van der Waals surface area contributed by atoms with E-state index in [0.29, 0.717) is 17.7 Å². The minimum atomic E-state index is 0.120. The first kappa shape index (κ1) is 9.18. The molecule has 13 heavy (non-hydrogen) atoms. The van der Waals surface area contributed by atoms with Crippen LogP contribution in [-0.4, -0.2) is 24.1 Å². The maximum atomic E-state index is 10.5. The Bertz CT molecular complexity index is 336. The van der Waals surface area contributed by atoms with Gasteiger partial charge in [0.15, 0.2) is 12.0 Å². The maximum Gasteiger partial charge on any atom is 0.174 e. The van der Waals surface area contributed by atoms with Crippen molar-refractivity contribution >= 4 is 17.7 Å². The molecular formula is C8H9N3O2. The number of nitrogens with zero attached hydrogens (tertiary/aromatic N) is 2. The number of carbonyl (C=O) groups excluding carboxylic acids is 1. The molecule has 0 spiro atoms. The maximum absolute atomic E-state index is 10.5. The van der Waals surface area contributed by atoms with Gasteiger partial charge in [0, 0.05) is 11.9 Å². The highest BCUT2D eigenvalue weighted by Crippen LogP contribution is 2.03. The summed E-state index contributed by atoms with van der Waals surface area (Å²) >= 11 is 0. The van der Waals surface area contributed by atoms with Gasteiger partial charge < -0.3 is 10.6 Å². The van der Waals surface area contributed by atoms with Gasteiger partial charge in [-0.1, -0.05) is 5.16 Å². The number of carbonyl (C=O) groups is 1. The predicted molar refractivity (Wildman–Crippen MR) is 48.3 cm³/mol. The lowest BCUT2D eigenvalue weighted by molar-refractivity contribution is -0.102. The monoisotopic (exact) mass is 179 g/mol. The molecule has 0 radical (unpaired) electrons. The van der Waals surface area contributed by atoms with Crippen LogP contribution in [0, 0.1) is 0 Å². The van der Waals surface area contributed by atoms with Crippen molar-refractivity contribution in [1.82, 2.24) is 4.98 Å². The topological polar surface area (TPSA) is 77.6 Å². The normalized spacial score (nSPS) is 11.0. The van der Waals surface area contributed by atoms with E-state index in [4.69, 9.17) is 5.73 Å². The van der Waals surface area contributed by atoms with E-state index in [1.807, 2.05) is 0 Å². The number of aromatic nitrogens is 1. The number of rotatable bonds is 3. The van der Waals surface area contributed by atoms with Gasteiger partial charge in [0.05, 0.1) is 5.69 Å². The van der Waals surface area contributed by atoms with Gasteiger partial charge in [-0.25, -0.2) is 0 Å². The Labute approximate surface area is 75.2 Å². The van der Waals surface area contributed by atoms with Crippen LogP contribution in [0.2, 0.25) is 0 Å². The summed E-state index contributed by atoms with van der Waals surface area (Å²) in [6.07, 6.45) is 2.06. The standard InChI is InChI=1S/C8H9N3O2/c1-13-11-8(5-12)7-4-6(9)2-3-10-7/h2-5H,1H3,(H2,9,10)/b11-8+. The van der Waals surface area contributed by atoms with Gasteiger partial charge in [0.1, 0.15) is 7.11 Å². The highest BCUT2D eigenvalue weighted by molar-refractivity contribution is 6.35. The van der Waals surface area contributed by atoms with E-state index in [0.717, 1.165) is 0 Å². The minimum Gasteiger partial charge on any atom is -0.399 e. The lowest BCUT2D eigenvalue weighted by Crippen LogP contribution is -2.06. The second kappa shape index (κ2) is 4.20. The quantitative estimate of drug-likeness (QED) is 0.409. The van der Waals surface area contributed by atoms with E-state index in [2.05, 4.69) is 15.0 Å². The molecule has 0 aliphatic heterocycles. The van der Waals surface area contributed by atoms with Crippen molar-refractivity contribution < 1.29 is 9.63 Å². The zero-order valence-electron chi connectivity index (χ0n) is 7.10. The molecule has 0 fully saturated rings. The minimum absolute atomic E-state index is 0.120. The van der Waals surface area contributed by atoms with Gasteiger partial charge in [-0.2, -0.15) is 0 Å². The van der Waals surface area contributed by atoms with E-state index in [1.54, 1.807) is 12.1 Å². The Balaban J connectivity index is 3.05. The SMILES string of the molecule is CO/N=C(\C=O)c1cc(N)ccn1. The zero-order valence-corrected chi connectivity index (χ0v) is 7.10. The number of aldehydes is 1. The summed E-state index contributed by atoms with van der Waals surface area (Å²) in [5.41, 5.74) is 6.54. The molecule has 0 amide bonds. The summed E-state index contributed by atoms with van der Waals surface area (Å²) in [7, 11) is 1.36. The molecule has 0 aliphatic carbocycles. The highest BCUT2D eigenvalue weighted by Gasteiger charge is 2.04. The Morgan fingerprint density at radius 2 is 2.54 bits per heavy atom. The van der Waals surface area contributed by atoms with Gasteiger partial charge in [0.2, 0.25) is 0 Å². The summed E-state index contributed by atoms with van der Waals surface area (Å²) in [4.78, 5) is 18.9. The Morgan fingerprint density at radius 3 is 3.08 bits per heavy atom. The molecule has 0 atom stereocenters. The Hall–Kier alpha value is -1.91. The largest absolute Gasteiger partial charge is 0.399 e. The van der Waals surface area contributed by atoms with E-state index in [9.17, 15) is 4.79 Å². The molecule has 0 bridgehead atoms. The fraction of sp³-hybridized carbons (Fsp3) is 0.125. The molecule has 68 valence electrons. The fourth-order valence-electron chi connectivity index (χ4n) is 0.814. The second-order valence-electron chi connectivity index (χ2n) is 2.25. The van der Waals surface area contributed by atoms with Crippen molar-refractivity contribution in [3.8, 4) is 0 Å². The number of anilines is 1. The van der Waals surface area contributed by atoms with E-state index in [1.165, 1.54) is 13.3 Å². The van der Waals surface area contributed by atoms with Crippen molar-refractivity contribution in [2.45, 2.75) is 0 Å². The van der Waals surface area contributed by atoms with Crippen molar-refractivity contribution in [2.75, 3.05) is 12.8 Å². The van der Waals surface area contributed by atoms with Gasteiger partial charge in [-0.15, -0.1) is 0 Å². The average Bonchev–Trinajstić information content (AvgIpc) is 2.14. The molecule has 1 heterocycles. The first-order valence-corrected chi connectivity index (χ1v) is 3.56. The lowest BCUT2D eigenvalue weighted by Gasteiger charge is -1.98. The fourth-order valence-corrected chi connectivity index (χ4v) is 0.814. The molecule has 1 aromatic rings. The lowest BCUT2D eigenvalue weighted by atomic mass is 10.2. The van der Waals surface area contributed by atoms with Crippen LogP contribution < -0.4 is 5.73 Å². The summed E-state index contributed by atoms with van der Waals surface area (Å²) in [6, 6.07) is 3.17. The van der Waals surface area contributed by atoms with Gasteiger partial charge >= 0.3 is 0 Å². The van der Waals surface area contributed by atoms with Crippen LogP contribution in [0.25, 0.3) is 0 Å². The molecule has 0 saturated heterocycles. The van der Waals surface area contributed by atoms with Gasteiger partial charge in [0.25, 0.3) is 0 Å². The van der Waals surface area contributed by atoms with Crippen molar-refractivity contribution in [1.29, 1.82) is 0 Å².